The maximum Gasteiger partial charge on any atom is 0.274 e. The highest BCUT2D eigenvalue weighted by atomic mass is 16.2. The first-order valence-electron chi connectivity index (χ1n) is 10.1. The second-order valence-electron chi connectivity index (χ2n) is 7.91. The highest BCUT2D eigenvalue weighted by molar-refractivity contribution is 5.94. The van der Waals surface area contributed by atoms with Crippen LogP contribution in [-0.2, 0) is 13.0 Å². The Balaban J connectivity index is 1.35. The molecule has 2 N–H and O–H groups in total. The number of hydrogen-bond donors (Lipinski definition) is 2. The summed E-state index contributed by atoms with van der Waals surface area (Å²) in [5.74, 6) is 0.987. The largest absolute Gasteiger partial charge is 0.336 e. The van der Waals surface area contributed by atoms with Crippen molar-refractivity contribution in [2.24, 2.45) is 5.92 Å². The van der Waals surface area contributed by atoms with Gasteiger partial charge in [-0.05, 0) is 31.7 Å². The number of hydrogen-bond acceptors (Lipinski definition) is 4. The molecule has 4 rings (SSSR count). The molecule has 0 radical (unpaired) electrons. The average Bonchev–Trinajstić information content (AvgIpc) is 2.95. The Hall–Kier alpha value is -1.40. The van der Waals surface area contributed by atoms with E-state index in [1.165, 1.54) is 38.6 Å². The lowest BCUT2D eigenvalue weighted by Crippen LogP contribution is -2.37. The maximum atomic E-state index is 13.0. The molecule has 1 aliphatic carbocycles. The SMILES string of the molecule is O=C(c1n[nH]c2c1CNCC2)N1CCCN(CC2CCCCC2)CC1. The summed E-state index contributed by atoms with van der Waals surface area (Å²) in [7, 11) is 0. The van der Waals surface area contributed by atoms with Gasteiger partial charge in [-0.25, -0.2) is 0 Å². The van der Waals surface area contributed by atoms with Crippen LogP contribution in [-0.4, -0.2) is 65.2 Å². The zero-order chi connectivity index (χ0) is 17.1. The van der Waals surface area contributed by atoms with Gasteiger partial charge in [0.05, 0.1) is 0 Å². The number of fused-ring (bicyclic) bond motifs is 1. The molecule has 3 heterocycles. The Kier molecular flexibility index (Phi) is 5.36. The predicted molar refractivity (Wildman–Crippen MR) is 97.5 cm³/mol. The third-order valence-electron chi connectivity index (χ3n) is 6.13. The van der Waals surface area contributed by atoms with Gasteiger partial charge in [-0.2, -0.15) is 5.10 Å². The van der Waals surface area contributed by atoms with Crippen LogP contribution in [0.25, 0.3) is 0 Å². The molecule has 0 bridgehead atoms. The van der Waals surface area contributed by atoms with Crippen molar-refractivity contribution in [1.82, 2.24) is 25.3 Å². The van der Waals surface area contributed by atoms with E-state index in [9.17, 15) is 4.79 Å². The highest BCUT2D eigenvalue weighted by Crippen LogP contribution is 2.25. The first-order chi connectivity index (χ1) is 12.3. The first kappa shape index (κ1) is 17.0. The van der Waals surface area contributed by atoms with Crippen LogP contribution in [0.15, 0.2) is 0 Å². The fourth-order valence-corrected chi connectivity index (χ4v) is 4.64. The Morgan fingerprint density at radius 3 is 2.84 bits per heavy atom. The third kappa shape index (κ3) is 3.90. The lowest BCUT2D eigenvalue weighted by atomic mass is 9.89. The van der Waals surface area contributed by atoms with Crippen LogP contribution in [0.4, 0.5) is 0 Å². The molecular weight excluding hydrogens is 314 g/mol. The Morgan fingerprint density at radius 1 is 1.08 bits per heavy atom. The van der Waals surface area contributed by atoms with Gasteiger partial charge in [0.15, 0.2) is 5.69 Å². The summed E-state index contributed by atoms with van der Waals surface area (Å²) < 4.78 is 0. The average molecular weight is 345 g/mol. The molecule has 0 spiro atoms. The fraction of sp³-hybridized carbons (Fsp3) is 0.789. The van der Waals surface area contributed by atoms with Crippen LogP contribution in [0, 0.1) is 5.92 Å². The van der Waals surface area contributed by atoms with Gasteiger partial charge in [-0.15, -0.1) is 0 Å². The quantitative estimate of drug-likeness (QED) is 0.877. The summed E-state index contributed by atoms with van der Waals surface area (Å²) in [4.78, 5) is 17.6. The summed E-state index contributed by atoms with van der Waals surface area (Å²) in [6.07, 6.45) is 9.02. The van der Waals surface area contributed by atoms with Crippen molar-refractivity contribution in [2.75, 3.05) is 39.3 Å². The van der Waals surface area contributed by atoms with E-state index in [4.69, 9.17) is 0 Å². The molecule has 1 saturated heterocycles. The van der Waals surface area contributed by atoms with Crippen molar-refractivity contribution in [3.05, 3.63) is 17.0 Å². The zero-order valence-corrected chi connectivity index (χ0v) is 15.2. The summed E-state index contributed by atoms with van der Waals surface area (Å²) in [5, 5.41) is 10.8. The smallest absolute Gasteiger partial charge is 0.274 e. The molecule has 0 unspecified atom stereocenters. The van der Waals surface area contributed by atoms with Gasteiger partial charge in [0.25, 0.3) is 5.91 Å². The second kappa shape index (κ2) is 7.87. The van der Waals surface area contributed by atoms with Gasteiger partial charge >= 0.3 is 0 Å². The second-order valence-corrected chi connectivity index (χ2v) is 7.91. The van der Waals surface area contributed by atoms with E-state index < -0.39 is 0 Å². The van der Waals surface area contributed by atoms with E-state index in [0.717, 1.165) is 69.3 Å². The van der Waals surface area contributed by atoms with E-state index in [1.807, 2.05) is 4.90 Å². The van der Waals surface area contributed by atoms with Crippen LogP contribution in [0.1, 0.15) is 60.3 Å². The predicted octanol–water partition coefficient (Wildman–Crippen LogP) is 1.78. The molecule has 3 aliphatic rings. The maximum absolute atomic E-state index is 13.0. The van der Waals surface area contributed by atoms with Gasteiger partial charge in [0.2, 0.25) is 0 Å². The standard InChI is InChI=1S/C19H31N5O/c25-19(18-16-13-20-8-7-17(16)21-22-18)24-10-4-9-23(11-12-24)14-15-5-2-1-3-6-15/h15,20H,1-14H2,(H,21,22). The number of nitrogens with zero attached hydrogens (tertiary/aromatic N) is 3. The van der Waals surface area contributed by atoms with E-state index in [0.29, 0.717) is 5.69 Å². The monoisotopic (exact) mass is 345 g/mol. The molecule has 25 heavy (non-hydrogen) atoms. The molecular formula is C19H31N5O. The van der Waals surface area contributed by atoms with E-state index in [-0.39, 0.29) is 5.91 Å². The first-order valence-corrected chi connectivity index (χ1v) is 10.1. The minimum absolute atomic E-state index is 0.112. The van der Waals surface area contributed by atoms with Gasteiger partial charge in [0.1, 0.15) is 0 Å². The Bertz CT molecular complexity index is 593. The summed E-state index contributed by atoms with van der Waals surface area (Å²) >= 11 is 0. The van der Waals surface area contributed by atoms with Crippen LogP contribution >= 0.6 is 0 Å². The van der Waals surface area contributed by atoms with E-state index >= 15 is 0 Å². The summed E-state index contributed by atoms with van der Waals surface area (Å²) in [5.41, 5.74) is 2.86. The van der Waals surface area contributed by atoms with Gasteiger partial charge in [-0.1, -0.05) is 19.3 Å². The fourth-order valence-electron chi connectivity index (χ4n) is 4.64. The highest BCUT2D eigenvalue weighted by Gasteiger charge is 2.27. The van der Waals surface area contributed by atoms with Crippen LogP contribution in [0.2, 0.25) is 0 Å². The molecule has 2 fully saturated rings. The van der Waals surface area contributed by atoms with Crippen molar-refractivity contribution in [1.29, 1.82) is 0 Å². The van der Waals surface area contributed by atoms with Crippen LogP contribution < -0.4 is 5.32 Å². The van der Waals surface area contributed by atoms with Crippen molar-refractivity contribution in [2.45, 2.75) is 51.5 Å². The van der Waals surface area contributed by atoms with Crippen molar-refractivity contribution in [3.63, 3.8) is 0 Å². The molecule has 2 aliphatic heterocycles. The molecule has 0 atom stereocenters. The minimum Gasteiger partial charge on any atom is -0.336 e. The van der Waals surface area contributed by atoms with E-state index in [2.05, 4.69) is 20.4 Å². The molecule has 138 valence electrons. The van der Waals surface area contributed by atoms with Gasteiger partial charge in [0, 0.05) is 56.9 Å². The Labute approximate surface area is 150 Å². The van der Waals surface area contributed by atoms with Gasteiger partial charge < -0.3 is 15.1 Å². The number of carbonyl (C=O) groups is 1. The summed E-state index contributed by atoms with van der Waals surface area (Å²) in [6, 6.07) is 0. The zero-order valence-electron chi connectivity index (χ0n) is 15.2. The minimum atomic E-state index is 0.112. The topological polar surface area (TPSA) is 64.3 Å². The molecule has 1 aromatic rings. The van der Waals surface area contributed by atoms with E-state index in [1.54, 1.807) is 0 Å². The van der Waals surface area contributed by atoms with Crippen molar-refractivity contribution >= 4 is 5.91 Å². The van der Waals surface area contributed by atoms with Crippen LogP contribution in [0.3, 0.4) is 0 Å². The van der Waals surface area contributed by atoms with Gasteiger partial charge in [-0.3, -0.25) is 9.89 Å². The number of nitrogens with one attached hydrogen (secondary N) is 2. The molecule has 6 nitrogen and oxygen atoms in total. The molecule has 0 aromatic carbocycles. The van der Waals surface area contributed by atoms with Crippen molar-refractivity contribution < 1.29 is 4.79 Å². The summed E-state index contributed by atoms with van der Waals surface area (Å²) in [6.45, 7) is 6.77. The molecule has 6 heteroatoms. The Morgan fingerprint density at radius 2 is 1.96 bits per heavy atom. The number of carbonyl (C=O) groups excluding carboxylic acids is 1. The normalized spacial score (nSPS) is 23.3. The number of aromatic amines is 1. The molecule has 1 aromatic heterocycles. The lowest BCUT2D eigenvalue weighted by molar-refractivity contribution is 0.0752. The number of aromatic nitrogens is 2. The number of amides is 1. The number of rotatable bonds is 3. The van der Waals surface area contributed by atoms with Crippen LogP contribution in [0.5, 0.6) is 0 Å². The third-order valence-corrected chi connectivity index (χ3v) is 6.13. The molecule has 1 saturated carbocycles. The van der Waals surface area contributed by atoms with Crippen molar-refractivity contribution in [3.8, 4) is 0 Å². The lowest BCUT2D eigenvalue weighted by Gasteiger charge is -2.28. The molecule has 1 amide bonds. The number of H-pyrrole nitrogens is 1.